The molecule has 3 aromatic rings. The Kier molecular flexibility index (Phi) is 5.09. The zero-order chi connectivity index (χ0) is 18.8. The van der Waals surface area contributed by atoms with Crippen molar-refractivity contribution in [3.8, 4) is 11.5 Å². The third-order valence-corrected chi connectivity index (χ3v) is 6.46. The van der Waals surface area contributed by atoms with Gasteiger partial charge in [-0.3, -0.25) is 0 Å². The van der Waals surface area contributed by atoms with Gasteiger partial charge in [-0.2, -0.15) is 0 Å². The number of hydrogen-bond acceptors (Lipinski definition) is 5. The standard InChI is InChI=1S/C21H18FNO2S2/c1-24-17-8-5-13(10-18(17)25-2)20-12-16(19-4-3-9-26-19)23-15-7-6-14(22)11-21(15)27-20/h3-12,20,23H,1-2H3. The summed E-state index contributed by atoms with van der Waals surface area (Å²) in [6, 6.07) is 14.8. The lowest BCUT2D eigenvalue weighted by Crippen LogP contribution is -1.98. The topological polar surface area (TPSA) is 30.5 Å². The molecule has 1 N–H and O–H groups in total. The zero-order valence-electron chi connectivity index (χ0n) is 14.9. The first-order valence-corrected chi connectivity index (χ1v) is 10.1. The lowest BCUT2D eigenvalue weighted by Gasteiger charge is -2.15. The van der Waals surface area contributed by atoms with Crippen molar-refractivity contribution in [2.45, 2.75) is 10.1 Å². The second kappa shape index (κ2) is 7.66. The van der Waals surface area contributed by atoms with Crippen LogP contribution in [0.25, 0.3) is 5.70 Å². The minimum atomic E-state index is -0.242. The van der Waals surface area contributed by atoms with Gasteiger partial charge in [0.05, 0.1) is 35.7 Å². The molecule has 0 fully saturated rings. The van der Waals surface area contributed by atoms with Crippen molar-refractivity contribution in [3.05, 3.63) is 76.2 Å². The van der Waals surface area contributed by atoms with Crippen molar-refractivity contribution in [2.75, 3.05) is 19.5 Å². The number of thioether (sulfide) groups is 1. The molecule has 0 aliphatic carbocycles. The van der Waals surface area contributed by atoms with Crippen molar-refractivity contribution >= 4 is 34.5 Å². The first-order valence-electron chi connectivity index (χ1n) is 8.39. The molecule has 27 heavy (non-hydrogen) atoms. The Labute approximate surface area is 165 Å². The summed E-state index contributed by atoms with van der Waals surface area (Å²) in [7, 11) is 3.25. The first kappa shape index (κ1) is 17.9. The van der Waals surface area contributed by atoms with Crippen molar-refractivity contribution < 1.29 is 13.9 Å². The second-order valence-electron chi connectivity index (χ2n) is 5.98. The van der Waals surface area contributed by atoms with Gasteiger partial charge in [-0.15, -0.1) is 23.1 Å². The second-order valence-corrected chi connectivity index (χ2v) is 8.11. The van der Waals surface area contributed by atoms with Crippen LogP contribution in [0.5, 0.6) is 11.5 Å². The summed E-state index contributed by atoms with van der Waals surface area (Å²) in [5.74, 6) is 1.12. The van der Waals surface area contributed by atoms with Crippen molar-refractivity contribution in [1.82, 2.24) is 0 Å². The highest BCUT2D eigenvalue weighted by atomic mass is 32.2. The Morgan fingerprint density at radius 1 is 1.00 bits per heavy atom. The Morgan fingerprint density at radius 2 is 1.85 bits per heavy atom. The lowest BCUT2D eigenvalue weighted by molar-refractivity contribution is 0.354. The molecular formula is C21H18FNO2S2. The van der Waals surface area contributed by atoms with Crippen molar-refractivity contribution in [3.63, 3.8) is 0 Å². The average Bonchev–Trinajstić information content (AvgIpc) is 3.16. The van der Waals surface area contributed by atoms with E-state index in [0.717, 1.165) is 26.7 Å². The summed E-state index contributed by atoms with van der Waals surface area (Å²) in [5.41, 5.74) is 2.98. The molecule has 1 atom stereocenters. The van der Waals surface area contributed by atoms with Gasteiger partial charge in [-0.25, -0.2) is 4.39 Å². The fourth-order valence-corrected chi connectivity index (χ4v) is 4.87. The number of anilines is 1. The van der Waals surface area contributed by atoms with E-state index in [0.29, 0.717) is 11.5 Å². The minimum Gasteiger partial charge on any atom is -0.493 e. The van der Waals surface area contributed by atoms with E-state index in [1.165, 1.54) is 6.07 Å². The molecule has 1 unspecified atom stereocenters. The summed E-state index contributed by atoms with van der Waals surface area (Å²) >= 11 is 3.28. The molecule has 0 saturated heterocycles. The van der Waals surface area contributed by atoms with Crippen LogP contribution in [0.4, 0.5) is 10.1 Å². The Morgan fingerprint density at radius 3 is 2.59 bits per heavy atom. The quantitative estimate of drug-likeness (QED) is 0.565. The van der Waals surface area contributed by atoms with E-state index in [-0.39, 0.29) is 11.1 Å². The summed E-state index contributed by atoms with van der Waals surface area (Å²) in [5, 5.41) is 5.51. The van der Waals surface area contributed by atoms with Gasteiger partial charge < -0.3 is 14.8 Å². The molecular weight excluding hydrogens is 381 g/mol. The fraction of sp³-hybridized carbons (Fsp3) is 0.143. The lowest BCUT2D eigenvalue weighted by atomic mass is 10.1. The average molecular weight is 400 g/mol. The highest BCUT2D eigenvalue weighted by molar-refractivity contribution is 7.99. The number of nitrogens with one attached hydrogen (secondary N) is 1. The molecule has 0 spiro atoms. The van der Waals surface area contributed by atoms with Crippen LogP contribution < -0.4 is 14.8 Å². The fourth-order valence-electron chi connectivity index (χ4n) is 2.98. The number of methoxy groups -OCH3 is 2. The molecule has 6 heteroatoms. The van der Waals surface area contributed by atoms with Crippen LogP contribution in [0, 0.1) is 5.82 Å². The van der Waals surface area contributed by atoms with Crippen LogP contribution >= 0.6 is 23.1 Å². The van der Waals surface area contributed by atoms with E-state index in [4.69, 9.17) is 9.47 Å². The first-order chi connectivity index (χ1) is 13.2. The molecule has 0 amide bonds. The van der Waals surface area contributed by atoms with Crippen molar-refractivity contribution in [2.24, 2.45) is 0 Å². The number of rotatable bonds is 4. The molecule has 3 nitrogen and oxygen atoms in total. The van der Waals surface area contributed by atoms with E-state index in [1.807, 2.05) is 29.6 Å². The van der Waals surface area contributed by atoms with Gasteiger partial charge in [0.1, 0.15) is 5.82 Å². The van der Waals surface area contributed by atoms with E-state index in [1.54, 1.807) is 49.5 Å². The normalized spacial score (nSPS) is 16.0. The predicted octanol–water partition coefficient (Wildman–Crippen LogP) is 6.20. The van der Waals surface area contributed by atoms with Gasteiger partial charge >= 0.3 is 0 Å². The third kappa shape index (κ3) is 3.68. The van der Waals surface area contributed by atoms with E-state index in [2.05, 4.69) is 17.5 Å². The Hall–Kier alpha value is -2.44. The summed E-state index contributed by atoms with van der Waals surface area (Å²) in [6.45, 7) is 0. The maximum Gasteiger partial charge on any atom is 0.161 e. The number of benzene rings is 2. The summed E-state index contributed by atoms with van der Waals surface area (Å²) in [6.07, 6.45) is 2.18. The smallest absolute Gasteiger partial charge is 0.161 e. The Balaban J connectivity index is 1.81. The summed E-state index contributed by atoms with van der Waals surface area (Å²) < 4.78 is 24.7. The van der Waals surface area contributed by atoms with E-state index < -0.39 is 0 Å². The third-order valence-electron chi connectivity index (χ3n) is 4.31. The molecule has 0 saturated carbocycles. The molecule has 2 aromatic carbocycles. The van der Waals surface area contributed by atoms with E-state index in [9.17, 15) is 4.39 Å². The van der Waals surface area contributed by atoms with E-state index >= 15 is 0 Å². The molecule has 1 aromatic heterocycles. The van der Waals surface area contributed by atoms with Gasteiger partial charge in [0.15, 0.2) is 11.5 Å². The maximum absolute atomic E-state index is 13.9. The molecule has 1 aliphatic rings. The molecule has 0 radical (unpaired) electrons. The summed E-state index contributed by atoms with van der Waals surface area (Å²) in [4.78, 5) is 2.01. The molecule has 138 valence electrons. The van der Waals surface area contributed by atoms with Gasteiger partial charge in [-0.05, 0) is 53.4 Å². The number of hydrogen-bond donors (Lipinski definition) is 1. The van der Waals surface area contributed by atoms with Crippen LogP contribution in [0.1, 0.15) is 15.7 Å². The highest BCUT2D eigenvalue weighted by Gasteiger charge is 2.21. The van der Waals surface area contributed by atoms with Gasteiger partial charge in [0.2, 0.25) is 0 Å². The van der Waals surface area contributed by atoms with Crippen LogP contribution in [-0.4, -0.2) is 14.2 Å². The van der Waals surface area contributed by atoms with Gasteiger partial charge in [0.25, 0.3) is 0 Å². The predicted molar refractivity (Wildman–Crippen MR) is 110 cm³/mol. The highest BCUT2D eigenvalue weighted by Crippen LogP contribution is 2.46. The zero-order valence-corrected chi connectivity index (χ0v) is 16.5. The van der Waals surface area contributed by atoms with Crippen LogP contribution in [0.2, 0.25) is 0 Å². The molecule has 4 rings (SSSR count). The Bertz CT molecular complexity index is 986. The monoisotopic (exact) mass is 399 g/mol. The van der Waals surface area contributed by atoms with Crippen molar-refractivity contribution in [1.29, 1.82) is 0 Å². The SMILES string of the molecule is COc1ccc(C2C=C(c3cccs3)Nc3ccc(F)cc3S2)cc1OC. The van der Waals surface area contributed by atoms with Crippen LogP contribution in [0.3, 0.4) is 0 Å². The van der Waals surface area contributed by atoms with Gasteiger partial charge in [-0.1, -0.05) is 12.1 Å². The molecule has 2 heterocycles. The molecule has 1 aliphatic heterocycles. The number of thiophene rings is 1. The number of halogens is 1. The maximum atomic E-state index is 13.9. The number of ether oxygens (including phenoxy) is 2. The molecule has 0 bridgehead atoms. The number of fused-ring (bicyclic) bond motifs is 1. The van der Waals surface area contributed by atoms with Crippen LogP contribution in [-0.2, 0) is 0 Å². The largest absolute Gasteiger partial charge is 0.493 e. The minimum absolute atomic E-state index is 0.00236. The van der Waals surface area contributed by atoms with Gasteiger partial charge in [0, 0.05) is 4.90 Å². The van der Waals surface area contributed by atoms with Crippen LogP contribution in [0.15, 0.2) is 64.9 Å².